The first-order chi connectivity index (χ1) is 24.8. The Balaban J connectivity index is 1.31. The number of fused-ring (bicyclic) bond motifs is 4. The molecule has 1 aliphatic heterocycles. The number of hydrogen-bond donors (Lipinski definition) is 0. The first-order valence-electron chi connectivity index (χ1n) is 17.1. The highest BCUT2D eigenvalue weighted by Gasteiger charge is 2.49. The second kappa shape index (κ2) is 10.2. The van der Waals surface area contributed by atoms with Crippen molar-refractivity contribution in [2.45, 2.75) is 5.41 Å². The van der Waals surface area contributed by atoms with Crippen molar-refractivity contribution in [1.82, 2.24) is 19.5 Å². The summed E-state index contributed by atoms with van der Waals surface area (Å²) in [6, 6.07) is 60.7. The van der Waals surface area contributed by atoms with Gasteiger partial charge in [-0.25, -0.2) is 15.0 Å². The maximum Gasteiger partial charge on any atom is 0.197 e. The van der Waals surface area contributed by atoms with Gasteiger partial charge in [-0.3, -0.25) is 4.57 Å². The van der Waals surface area contributed by atoms with E-state index in [9.17, 15) is 0 Å². The quantitative estimate of drug-likeness (QED) is 0.193. The number of para-hydroxylation sites is 2. The fourth-order valence-electron chi connectivity index (χ4n) is 8.67. The average Bonchev–Trinajstić information content (AvgIpc) is 3.69. The molecular weight excluding hydrogens is 609 g/mol. The van der Waals surface area contributed by atoms with Gasteiger partial charge < -0.3 is 0 Å². The molecule has 0 saturated carbocycles. The second-order valence-electron chi connectivity index (χ2n) is 13.1. The maximum atomic E-state index is 5.41. The molecule has 0 bridgehead atoms. The molecule has 7 aromatic carbocycles. The van der Waals surface area contributed by atoms with Crippen molar-refractivity contribution < 1.29 is 0 Å². The van der Waals surface area contributed by atoms with Crippen molar-refractivity contribution >= 4 is 21.9 Å². The summed E-state index contributed by atoms with van der Waals surface area (Å²) in [4.78, 5) is 15.9. The van der Waals surface area contributed by atoms with Crippen molar-refractivity contribution in [1.29, 1.82) is 0 Å². The second-order valence-corrected chi connectivity index (χ2v) is 13.1. The molecule has 0 saturated heterocycles. The van der Waals surface area contributed by atoms with E-state index in [1.807, 2.05) is 12.1 Å². The minimum absolute atomic E-state index is 0.515. The summed E-state index contributed by atoms with van der Waals surface area (Å²) in [5, 5.41) is 1.02. The van der Waals surface area contributed by atoms with Gasteiger partial charge in [0.25, 0.3) is 0 Å². The van der Waals surface area contributed by atoms with E-state index in [0.29, 0.717) is 5.82 Å². The summed E-state index contributed by atoms with van der Waals surface area (Å²) in [6.45, 7) is 0. The Morgan fingerprint density at radius 2 is 1.08 bits per heavy atom. The standard InChI is InChI=1S/C46H28N4/c1-4-15-29(16-5-1)42-34-22-10-12-25-37(34)47-44(49-42)45-48-38-28-27-36-41-40-33(32-21-11-13-26-39(32)50(45)43(38)41)23-14-24-35(40)46(36,30-17-6-2-7-18-30)31-19-8-3-9-20-31/h1-28H. The van der Waals surface area contributed by atoms with Gasteiger partial charge in [-0.15, -0.1) is 0 Å². The number of nitrogens with zero attached hydrogens (tertiary/aromatic N) is 4. The van der Waals surface area contributed by atoms with Crippen LogP contribution in [0.2, 0.25) is 0 Å². The normalized spacial score (nSPS) is 13.4. The molecule has 9 aromatic rings. The first kappa shape index (κ1) is 27.3. The maximum absolute atomic E-state index is 5.41. The largest absolute Gasteiger partial charge is 0.288 e. The summed E-state index contributed by atoms with van der Waals surface area (Å²) in [5.41, 5.74) is 15.3. The molecule has 4 heteroatoms. The highest BCUT2D eigenvalue weighted by molar-refractivity contribution is 6.10. The summed E-state index contributed by atoms with van der Waals surface area (Å²) in [7, 11) is 0. The van der Waals surface area contributed by atoms with Crippen molar-refractivity contribution in [2.75, 3.05) is 0 Å². The van der Waals surface area contributed by atoms with Crippen molar-refractivity contribution in [3.8, 4) is 50.8 Å². The van der Waals surface area contributed by atoms with Crippen LogP contribution in [0.5, 0.6) is 0 Å². The minimum atomic E-state index is -0.515. The van der Waals surface area contributed by atoms with Crippen LogP contribution >= 0.6 is 0 Å². The van der Waals surface area contributed by atoms with Gasteiger partial charge in [-0.2, -0.15) is 0 Å². The van der Waals surface area contributed by atoms with Gasteiger partial charge in [-0.1, -0.05) is 152 Å². The van der Waals surface area contributed by atoms with E-state index < -0.39 is 5.41 Å². The number of imidazole rings is 1. The van der Waals surface area contributed by atoms with Gasteiger partial charge >= 0.3 is 0 Å². The Labute approximate surface area is 289 Å². The van der Waals surface area contributed by atoms with Crippen LogP contribution in [0.25, 0.3) is 72.8 Å². The first-order valence-corrected chi connectivity index (χ1v) is 17.1. The van der Waals surface area contributed by atoms with Gasteiger partial charge in [0.2, 0.25) is 0 Å². The lowest BCUT2D eigenvalue weighted by Crippen LogP contribution is -2.28. The Morgan fingerprint density at radius 3 is 1.86 bits per heavy atom. The Kier molecular flexibility index (Phi) is 5.56. The molecule has 2 aromatic heterocycles. The Morgan fingerprint density at radius 1 is 0.440 bits per heavy atom. The van der Waals surface area contributed by atoms with Gasteiger partial charge in [0.1, 0.15) is 0 Å². The summed E-state index contributed by atoms with van der Waals surface area (Å²) in [6.07, 6.45) is 0. The molecule has 232 valence electrons. The molecule has 0 amide bonds. The topological polar surface area (TPSA) is 43.6 Å². The van der Waals surface area contributed by atoms with Crippen molar-refractivity contribution in [3.05, 3.63) is 192 Å². The predicted octanol–water partition coefficient (Wildman–Crippen LogP) is 10.6. The third-order valence-corrected chi connectivity index (χ3v) is 10.6. The third-order valence-electron chi connectivity index (χ3n) is 10.6. The minimum Gasteiger partial charge on any atom is -0.288 e. The van der Waals surface area contributed by atoms with Crippen LogP contribution in [0, 0.1) is 0 Å². The molecule has 0 radical (unpaired) electrons. The van der Waals surface area contributed by atoms with E-state index >= 15 is 0 Å². The fraction of sp³-hybridized carbons (Fsp3) is 0.0217. The monoisotopic (exact) mass is 636 g/mol. The third kappa shape index (κ3) is 3.52. The zero-order chi connectivity index (χ0) is 32.8. The SMILES string of the molecule is c1ccc(-c2nc(-c3nc4ccc5c6c4n3-c3ccccc3-c3cccc(c3-6)C5(c3ccccc3)c3ccccc3)nc3ccccc23)cc1. The van der Waals surface area contributed by atoms with Gasteiger partial charge in [0, 0.05) is 22.1 Å². The van der Waals surface area contributed by atoms with Crippen LogP contribution < -0.4 is 0 Å². The van der Waals surface area contributed by atoms with Crippen LogP contribution in [0.4, 0.5) is 0 Å². The van der Waals surface area contributed by atoms with E-state index in [-0.39, 0.29) is 0 Å². The highest BCUT2D eigenvalue weighted by Crippen LogP contribution is 2.61. The summed E-state index contributed by atoms with van der Waals surface area (Å²) >= 11 is 0. The van der Waals surface area contributed by atoms with E-state index in [0.717, 1.165) is 50.3 Å². The molecule has 11 rings (SSSR count). The lowest BCUT2D eigenvalue weighted by molar-refractivity contribution is 0.769. The number of rotatable bonds is 4. The molecule has 0 fully saturated rings. The zero-order valence-electron chi connectivity index (χ0n) is 27.0. The molecule has 0 unspecified atom stereocenters. The van der Waals surface area contributed by atoms with E-state index in [1.54, 1.807) is 0 Å². The van der Waals surface area contributed by atoms with Crippen molar-refractivity contribution in [2.24, 2.45) is 0 Å². The van der Waals surface area contributed by atoms with E-state index in [4.69, 9.17) is 15.0 Å². The fourth-order valence-corrected chi connectivity index (χ4v) is 8.67. The Hall–Kier alpha value is -6.65. The van der Waals surface area contributed by atoms with Gasteiger partial charge in [-0.05, 0) is 51.6 Å². The molecule has 0 atom stereocenters. The number of hydrogen-bond acceptors (Lipinski definition) is 3. The van der Waals surface area contributed by atoms with Gasteiger partial charge in [0.15, 0.2) is 11.6 Å². The molecule has 50 heavy (non-hydrogen) atoms. The lowest BCUT2D eigenvalue weighted by atomic mass is 9.67. The number of benzene rings is 7. The average molecular weight is 637 g/mol. The molecule has 2 aliphatic rings. The van der Waals surface area contributed by atoms with Crippen LogP contribution in [-0.4, -0.2) is 19.5 Å². The lowest BCUT2D eigenvalue weighted by Gasteiger charge is -2.34. The summed E-state index contributed by atoms with van der Waals surface area (Å²) in [5.74, 6) is 1.33. The molecule has 0 spiro atoms. The van der Waals surface area contributed by atoms with Crippen LogP contribution in [0.3, 0.4) is 0 Å². The smallest absolute Gasteiger partial charge is 0.197 e. The molecule has 4 nitrogen and oxygen atoms in total. The molecular formula is C46H28N4. The Bertz CT molecular complexity index is 2760. The van der Waals surface area contributed by atoms with Crippen LogP contribution in [0.15, 0.2) is 170 Å². The zero-order valence-corrected chi connectivity index (χ0v) is 27.0. The van der Waals surface area contributed by atoms with Crippen LogP contribution in [0.1, 0.15) is 22.3 Å². The van der Waals surface area contributed by atoms with E-state index in [1.165, 1.54) is 38.9 Å². The molecule has 3 heterocycles. The van der Waals surface area contributed by atoms with Crippen molar-refractivity contribution in [3.63, 3.8) is 0 Å². The predicted molar refractivity (Wildman–Crippen MR) is 201 cm³/mol. The number of aromatic nitrogens is 4. The van der Waals surface area contributed by atoms with Crippen LogP contribution in [-0.2, 0) is 5.41 Å². The van der Waals surface area contributed by atoms with E-state index in [2.05, 4.69) is 162 Å². The molecule has 1 aliphatic carbocycles. The van der Waals surface area contributed by atoms with Gasteiger partial charge in [0.05, 0.1) is 33.3 Å². The summed E-state index contributed by atoms with van der Waals surface area (Å²) < 4.78 is 2.33. The molecule has 0 N–H and O–H groups in total. The highest BCUT2D eigenvalue weighted by atomic mass is 15.1.